The molecule has 23 heteroatoms. The molecule has 2 saturated heterocycles. The van der Waals surface area contributed by atoms with Crippen molar-refractivity contribution >= 4 is 53.8 Å². The molecule has 2 heterocycles. The summed E-state index contributed by atoms with van der Waals surface area (Å²) >= 11 is 0. The standard InChI is InChI=1S/C48H60N2O21/c1-23(51)49-38-41(70-46-43(67-29(7)57)42(66-28(6)56)40(65-27(5)55)37(69-46)22-61-25(3)53)39(64-26(4)54)36(21-60-24(2)52)68-45(38)62-20-35(44(58)71-48(8,9)10)50-47(59)63-19-34-32-17-13-11-15-30(32)31-16-12-14-18-33(31)34/h11-18,34-43,45-46H,19-22H2,1-10H3,(H,49,51)(H,50,59)/t35-,36+,37+,38+,39-,40-,41+,42-,43+,45-,46-/m0/s1. The van der Waals surface area contributed by atoms with Gasteiger partial charge in [0.1, 0.15) is 49.8 Å². The molecule has 2 fully saturated rings. The van der Waals surface area contributed by atoms with Gasteiger partial charge in [0.2, 0.25) is 5.91 Å². The van der Waals surface area contributed by atoms with Crippen LogP contribution in [0.2, 0.25) is 0 Å². The monoisotopic (exact) mass is 1000 g/mol. The van der Waals surface area contributed by atoms with Crippen molar-refractivity contribution in [2.24, 2.45) is 0 Å². The predicted molar refractivity (Wildman–Crippen MR) is 239 cm³/mol. The van der Waals surface area contributed by atoms with E-state index in [1.54, 1.807) is 20.8 Å². The molecular weight excluding hydrogens is 941 g/mol. The molecule has 0 saturated carbocycles. The summed E-state index contributed by atoms with van der Waals surface area (Å²) in [4.78, 5) is 115. The van der Waals surface area contributed by atoms with Gasteiger partial charge in [-0.3, -0.25) is 33.6 Å². The summed E-state index contributed by atoms with van der Waals surface area (Å²) in [6, 6.07) is 12.1. The molecule has 0 aromatic heterocycles. The van der Waals surface area contributed by atoms with Gasteiger partial charge >= 0.3 is 47.9 Å². The van der Waals surface area contributed by atoms with Crippen LogP contribution in [0.1, 0.15) is 86.3 Å². The van der Waals surface area contributed by atoms with E-state index in [1.807, 2.05) is 48.5 Å². The van der Waals surface area contributed by atoms with Crippen molar-refractivity contribution in [2.45, 2.75) is 148 Å². The smallest absolute Gasteiger partial charge is 0.407 e. The summed E-state index contributed by atoms with van der Waals surface area (Å²) in [5.74, 6) is -7.41. The molecule has 2 N–H and O–H groups in total. The minimum absolute atomic E-state index is 0.119. The molecule has 0 bridgehead atoms. The van der Waals surface area contributed by atoms with E-state index in [9.17, 15) is 43.2 Å². The maximum absolute atomic E-state index is 13.8. The Kier molecular flexibility index (Phi) is 19.0. The fraction of sp³-hybridized carbons (Fsp3) is 0.562. The lowest BCUT2D eigenvalue weighted by molar-refractivity contribution is -0.347. The number of esters is 7. The highest BCUT2D eigenvalue weighted by molar-refractivity contribution is 5.82. The summed E-state index contributed by atoms with van der Waals surface area (Å²) < 4.78 is 69.3. The largest absolute Gasteiger partial charge is 0.463 e. The molecule has 0 radical (unpaired) electrons. The first kappa shape index (κ1) is 55.2. The topological polar surface area (TPSA) is 288 Å². The summed E-state index contributed by atoms with van der Waals surface area (Å²) in [5.41, 5.74) is 2.76. The lowest BCUT2D eigenvalue weighted by atomic mass is 9.94. The van der Waals surface area contributed by atoms with Crippen molar-refractivity contribution < 1.29 is 100.0 Å². The fourth-order valence-corrected chi connectivity index (χ4v) is 8.23. The number of hydrogen-bond donors (Lipinski definition) is 2. The number of nitrogens with one attached hydrogen (secondary N) is 2. The van der Waals surface area contributed by atoms with Gasteiger partial charge in [0.25, 0.3) is 0 Å². The molecule has 2 amide bonds. The Morgan fingerprint density at radius 2 is 1.03 bits per heavy atom. The Morgan fingerprint density at radius 1 is 0.563 bits per heavy atom. The molecule has 388 valence electrons. The average molecular weight is 1000 g/mol. The first-order valence-electron chi connectivity index (χ1n) is 22.6. The van der Waals surface area contributed by atoms with Gasteiger partial charge in [-0.05, 0) is 43.0 Å². The zero-order valence-electron chi connectivity index (χ0n) is 40.9. The predicted octanol–water partition coefficient (Wildman–Crippen LogP) is 2.44. The molecular formula is C48H60N2O21. The third-order valence-electron chi connectivity index (χ3n) is 10.8. The van der Waals surface area contributed by atoms with Crippen LogP contribution in [0, 0.1) is 0 Å². The van der Waals surface area contributed by atoms with E-state index in [0.717, 1.165) is 70.7 Å². The van der Waals surface area contributed by atoms with Crippen LogP contribution in [0.15, 0.2) is 48.5 Å². The molecule has 2 aromatic rings. The lowest BCUT2D eigenvalue weighted by Crippen LogP contribution is -2.69. The number of rotatable bonds is 18. The fourth-order valence-electron chi connectivity index (χ4n) is 8.23. The van der Waals surface area contributed by atoms with Crippen molar-refractivity contribution in [2.75, 3.05) is 26.4 Å². The molecule has 23 nitrogen and oxygen atoms in total. The highest BCUT2D eigenvalue weighted by Crippen LogP contribution is 2.44. The van der Waals surface area contributed by atoms with Gasteiger partial charge in [-0.1, -0.05) is 48.5 Å². The zero-order valence-corrected chi connectivity index (χ0v) is 40.9. The molecule has 11 atom stereocenters. The van der Waals surface area contributed by atoms with Crippen molar-refractivity contribution in [3.63, 3.8) is 0 Å². The van der Waals surface area contributed by atoms with Crippen molar-refractivity contribution in [1.82, 2.24) is 10.6 Å². The van der Waals surface area contributed by atoms with Crippen LogP contribution >= 0.6 is 0 Å². The number of alkyl carbamates (subject to hydrolysis) is 1. The van der Waals surface area contributed by atoms with Crippen LogP contribution in [0.4, 0.5) is 4.79 Å². The number of hydrogen-bond acceptors (Lipinski definition) is 21. The highest BCUT2D eigenvalue weighted by Gasteiger charge is 2.57. The van der Waals surface area contributed by atoms with Crippen LogP contribution in [-0.2, 0) is 95.2 Å². The van der Waals surface area contributed by atoms with Gasteiger partial charge in [-0.15, -0.1) is 0 Å². The van der Waals surface area contributed by atoms with Gasteiger partial charge in [-0.25, -0.2) is 9.59 Å². The average Bonchev–Trinajstić information content (AvgIpc) is 3.58. The highest BCUT2D eigenvalue weighted by atomic mass is 16.8. The van der Waals surface area contributed by atoms with E-state index in [1.165, 1.54) is 0 Å². The lowest BCUT2D eigenvalue weighted by Gasteiger charge is -2.49. The summed E-state index contributed by atoms with van der Waals surface area (Å²) in [6.07, 6.45) is -16.2. The van der Waals surface area contributed by atoms with Crippen LogP contribution in [-0.4, -0.2) is 153 Å². The maximum atomic E-state index is 13.8. The molecule has 0 spiro atoms. The molecule has 0 unspecified atom stereocenters. The molecule has 2 aliphatic heterocycles. The van der Waals surface area contributed by atoms with E-state index in [0.29, 0.717) is 0 Å². The van der Waals surface area contributed by atoms with Crippen molar-refractivity contribution in [3.05, 3.63) is 59.7 Å². The normalized spacial score (nSPS) is 25.1. The second kappa shape index (κ2) is 24.4. The Labute approximate surface area is 409 Å². The minimum atomic E-state index is -1.92. The van der Waals surface area contributed by atoms with Gasteiger partial charge in [0.05, 0.1) is 6.61 Å². The second-order valence-electron chi connectivity index (χ2n) is 17.7. The second-order valence-corrected chi connectivity index (χ2v) is 17.7. The van der Waals surface area contributed by atoms with Crippen LogP contribution in [0.3, 0.4) is 0 Å². The van der Waals surface area contributed by atoms with E-state index in [4.69, 9.17) is 56.8 Å². The van der Waals surface area contributed by atoms with Gasteiger partial charge < -0.3 is 67.5 Å². The number of benzene rings is 2. The van der Waals surface area contributed by atoms with Crippen LogP contribution in [0.25, 0.3) is 11.1 Å². The summed E-state index contributed by atoms with van der Waals surface area (Å²) in [6.45, 7) is 9.98. The third kappa shape index (κ3) is 15.4. The summed E-state index contributed by atoms with van der Waals surface area (Å²) in [7, 11) is 0. The van der Waals surface area contributed by atoms with E-state index < -0.39 is 147 Å². The summed E-state index contributed by atoms with van der Waals surface area (Å²) in [5, 5.41) is 5.12. The Balaban J connectivity index is 1.52. The van der Waals surface area contributed by atoms with Gasteiger partial charge in [0.15, 0.2) is 43.0 Å². The quantitative estimate of drug-likeness (QED) is 0.160. The number of carbonyl (C=O) groups excluding carboxylic acids is 9. The third-order valence-corrected chi connectivity index (χ3v) is 10.8. The number of amides is 2. The van der Waals surface area contributed by atoms with E-state index >= 15 is 0 Å². The van der Waals surface area contributed by atoms with Crippen molar-refractivity contribution in [3.8, 4) is 11.1 Å². The van der Waals surface area contributed by atoms with Gasteiger partial charge in [0, 0.05) is 54.4 Å². The minimum Gasteiger partial charge on any atom is -0.463 e. The Morgan fingerprint density at radius 3 is 1.51 bits per heavy atom. The van der Waals surface area contributed by atoms with E-state index in [-0.39, 0.29) is 12.5 Å². The SMILES string of the molecule is CC(=O)N[C@H]1[C@@H](OC[C@H](NC(=O)OCC2c3ccccc3-c3ccccc32)C(=O)OC(C)(C)C)O[C@H](COC(C)=O)[C@H](OC(C)=O)[C@@H]1O[C@@H]1O[C@H](COC(C)=O)[C@H](OC(C)=O)[C@H](OC(C)=O)[C@H]1OC(C)=O. The maximum Gasteiger partial charge on any atom is 0.407 e. The van der Waals surface area contributed by atoms with Gasteiger partial charge in [-0.2, -0.15) is 0 Å². The van der Waals surface area contributed by atoms with Crippen LogP contribution in [0.5, 0.6) is 0 Å². The molecule has 1 aliphatic carbocycles. The molecule has 3 aliphatic rings. The Bertz CT molecular complexity index is 2250. The Hall–Kier alpha value is -6.69. The molecule has 5 rings (SSSR count). The van der Waals surface area contributed by atoms with Crippen LogP contribution < -0.4 is 10.6 Å². The van der Waals surface area contributed by atoms with E-state index in [2.05, 4.69) is 10.6 Å². The van der Waals surface area contributed by atoms with Crippen molar-refractivity contribution in [1.29, 1.82) is 0 Å². The number of carbonyl (C=O) groups is 9. The first-order chi connectivity index (χ1) is 33.4. The number of ether oxygens (including phenoxy) is 12. The number of fused-ring (bicyclic) bond motifs is 3. The zero-order chi connectivity index (χ0) is 52.3. The first-order valence-corrected chi connectivity index (χ1v) is 22.6. The molecule has 71 heavy (non-hydrogen) atoms. The molecule has 2 aromatic carbocycles.